The summed E-state index contributed by atoms with van der Waals surface area (Å²) in [5, 5.41) is 1.64. The molecule has 1 aromatic carbocycles. The Hall–Kier alpha value is -1.34. The molecular weight excluding hydrogens is 302 g/mol. The van der Waals surface area contributed by atoms with Crippen LogP contribution in [0.15, 0.2) is 18.2 Å². The summed E-state index contributed by atoms with van der Waals surface area (Å²) in [7, 11) is 0. The van der Waals surface area contributed by atoms with Gasteiger partial charge in [0, 0.05) is 5.56 Å². The minimum absolute atomic E-state index is 0.0365. The number of hydrogen-bond donors (Lipinski definition) is 1. The molecule has 0 saturated carbocycles. The van der Waals surface area contributed by atoms with Crippen LogP contribution < -0.4 is 5.32 Å². The van der Waals surface area contributed by atoms with Gasteiger partial charge in [0.1, 0.15) is 11.9 Å². The molecule has 1 rings (SSSR count). The van der Waals surface area contributed by atoms with Gasteiger partial charge in [0.15, 0.2) is 0 Å². The standard InChI is InChI=1S/C12H12ClF4NO2/c1-2-20-11(19)10(18-6-12(15,16)17)7-4-3-5-8(13)9(7)14/h3-5,10,18H,2,6H2,1H3. The second-order valence-electron chi connectivity index (χ2n) is 3.82. The molecule has 1 N–H and O–H groups in total. The van der Waals surface area contributed by atoms with Crippen LogP contribution in [0.25, 0.3) is 0 Å². The Kier molecular flexibility index (Phi) is 5.76. The predicted octanol–water partition coefficient (Wildman–Crippen LogP) is 3.24. The molecule has 0 aliphatic carbocycles. The first-order valence-electron chi connectivity index (χ1n) is 5.67. The van der Waals surface area contributed by atoms with Crippen LogP contribution in [0, 0.1) is 5.82 Å². The van der Waals surface area contributed by atoms with Gasteiger partial charge < -0.3 is 4.74 Å². The molecule has 0 heterocycles. The first-order chi connectivity index (χ1) is 9.26. The van der Waals surface area contributed by atoms with Gasteiger partial charge in [0.05, 0.1) is 18.2 Å². The minimum atomic E-state index is -4.54. The molecule has 0 amide bonds. The topological polar surface area (TPSA) is 38.3 Å². The summed E-state index contributed by atoms with van der Waals surface area (Å²) in [6.45, 7) is 0.000692. The van der Waals surface area contributed by atoms with Gasteiger partial charge in [-0.05, 0) is 13.0 Å². The SMILES string of the molecule is CCOC(=O)C(NCC(F)(F)F)c1cccc(Cl)c1F. The summed E-state index contributed by atoms with van der Waals surface area (Å²) in [5.41, 5.74) is -0.291. The molecule has 3 nitrogen and oxygen atoms in total. The summed E-state index contributed by atoms with van der Waals surface area (Å²) in [5.74, 6) is -1.96. The van der Waals surface area contributed by atoms with Gasteiger partial charge in [-0.2, -0.15) is 13.2 Å². The molecule has 0 aliphatic heterocycles. The third-order valence-electron chi connectivity index (χ3n) is 2.32. The molecule has 0 spiro atoms. The summed E-state index contributed by atoms with van der Waals surface area (Å²) < 4.78 is 55.1. The number of carbonyl (C=O) groups excluding carboxylic acids is 1. The molecule has 0 fully saturated rings. The van der Waals surface area contributed by atoms with Crippen LogP contribution in [-0.4, -0.2) is 25.3 Å². The van der Waals surface area contributed by atoms with Crippen molar-refractivity contribution in [2.24, 2.45) is 0 Å². The molecule has 8 heteroatoms. The average molecular weight is 314 g/mol. The van der Waals surface area contributed by atoms with E-state index in [1.54, 1.807) is 0 Å². The van der Waals surface area contributed by atoms with E-state index >= 15 is 0 Å². The molecular formula is C12H12ClF4NO2. The minimum Gasteiger partial charge on any atom is -0.465 e. The van der Waals surface area contributed by atoms with Gasteiger partial charge in [-0.1, -0.05) is 23.7 Å². The van der Waals surface area contributed by atoms with Gasteiger partial charge in [-0.25, -0.2) is 9.18 Å². The van der Waals surface area contributed by atoms with E-state index in [-0.39, 0.29) is 17.2 Å². The zero-order chi connectivity index (χ0) is 15.3. The van der Waals surface area contributed by atoms with Gasteiger partial charge in [0.25, 0.3) is 0 Å². The van der Waals surface area contributed by atoms with Crippen LogP contribution in [-0.2, 0) is 9.53 Å². The Morgan fingerprint density at radius 3 is 2.65 bits per heavy atom. The van der Waals surface area contributed by atoms with Crippen LogP contribution in [0.3, 0.4) is 0 Å². The molecule has 1 unspecified atom stereocenters. The second kappa shape index (κ2) is 6.90. The molecule has 0 aromatic heterocycles. The van der Waals surface area contributed by atoms with E-state index < -0.39 is 30.5 Å². The van der Waals surface area contributed by atoms with E-state index in [4.69, 9.17) is 11.6 Å². The fourth-order valence-corrected chi connectivity index (χ4v) is 1.69. The Morgan fingerprint density at radius 1 is 1.45 bits per heavy atom. The molecule has 0 saturated heterocycles. The highest BCUT2D eigenvalue weighted by molar-refractivity contribution is 6.30. The van der Waals surface area contributed by atoms with Crippen molar-refractivity contribution in [3.8, 4) is 0 Å². The smallest absolute Gasteiger partial charge is 0.401 e. The van der Waals surface area contributed by atoms with Crippen molar-refractivity contribution in [3.63, 3.8) is 0 Å². The lowest BCUT2D eigenvalue weighted by molar-refractivity contribution is -0.149. The van der Waals surface area contributed by atoms with E-state index in [1.165, 1.54) is 25.1 Å². The van der Waals surface area contributed by atoms with Crippen molar-refractivity contribution in [3.05, 3.63) is 34.6 Å². The number of rotatable bonds is 5. The largest absolute Gasteiger partial charge is 0.465 e. The number of ether oxygens (including phenoxy) is 1. The maximum absolute atomic E-state index is 13.8. The van der Waals surface area contributed by atoms with Crippen molar-refractivity contribution in [2.75, 3.05) is 13.2 Å². The van der Waals surface area contributed by atoms with Crippen LogP contribution in [0.2, 0.25) is 5.02 Å². The van der Waals surface area contributed by atoms with Crippen LogP contribution in [0.5, 0.6) is 0 Å². The normalized spacial score (nSPS) is 13.1. The molecule has 20 heavy (non-hydrogen) atoms. The van der Waals surface area contributed by atoms with Crippen molar-refractivity contribution >= 4 is 17.6 Å². The number of nitrogens with one attached hydrogen (secondary N) is 1. The highest BCUT2D eigenvalue weighted by Gasteiger charge is 2.32. The highest BCUT2D eigenvalue weighted by Crippen LogP contribution is 2.25. The monoisotopic (exact) mass is 313 g/mol. The molecule has 0 bridgehead atoms. The summed E-state index contributed by atoms with van der Waals surface area (Å²) in [6.07, 6.45) is -4.54. The lowest BCUT2D eigenvalue weighted by Gasteiger charge is -2.19. The number of benzene rings is 1. The summed E-state index contributed by atoms with van der Waals surface area (Å²) in [4.78, 5) is 11.7. The Morgan fingerprint density at radius 2 is 2.10 bits per heavy atom. The number of alkyl halides is 3. The summed E-state index contributed by atoms with van der Waals surface area (Å²) >= 11 is 5.55. The van der Waals surface area contributed by atoms with E-state index in [0.717, 1.165) is 0 Å². The first-order valence-corrected chi connectivity index (χ1v) is 6.04. The zero-order valence-electron chi connectivity index (χ0n) is 10.4. The fourth-order valence-electron chi connectivity index (χ4n) is 1.51. The molecule has 1 aromatic rings. The van der Waals surface area contributed by atoms with Crippen molar-refractivity contribution in [1.29, 1.82) is 0 Å². The maximum atomic E-state index is 13.8. The predicted molar refractivity (Wildman–Crippen MR) is 64.8 cm³/mol. The number of hydrogen-bond acceptors (Lipinski definition) is 3. The van der Waals surface area contributed by atoms with Crippen molar-refractivity contribution < 1.29 is 27.1 Å². The molecule has 112 valence electrons. The van der Waals surface area contributed by atoms with Gasteiger partial charge in [-0.3, -0.25) is 5.32 Å². The lowest BCUT2D eigenvalue weighted by atomic mass is 10.1. The van der Waals surface area contributed by atoms with Crippen LogP contribution >= 0.6 is 11.6 Å². The fraction of sp³-hybridized carbons (Fsp3) is 0.417. The number of carbonyl (C=O) groups is 1. The van der Waals surface area contributed by atoms with Crippen molar-refractivity contribution in [2.45, 2.75) is 19.1 Å². The highest BCUT2D eigenvalue weighted by atomic mass is 35.5. The third-order valence-corrected chi connectivity index (χ3v) is 2.61. The Balaban J connectivity index is 3.03. The Bertz CT molecular complexity index is 479. The van der Waals surface area contributed by atoms with Gasteiger partial charge >= 0.3 is 12.1 Å². The third kappa shape index (κ3) is 4.64. The second-order valence-corrected chi connectivity index (χ2v) is 4.23. The van der Waals surface area contributed by atoms with Crippen LogP contribution in [0.1, 0.15) is 18.5 Å². The average Bonchev–Trinajstić information content (AvgIpc) is 2.33. The maximum Gasteiger partial charge on any atom is 0.401 e. The van der Waals surface area contributed by atoms with Gasteiger partial charge in [0.2, 0.25) is 0 Å². The zero-order valence-corrected chi connectivity index (χ0v) is 11.2. The molecule has 0 aliphatic rings. The molecule has 1 atom stereocenters. The first kappa shape index (κ1) is 16.7. The van der Waals surface area contributed by atoms with E-state index in [1.807, 2.05) is 5.32 Å². The van der Waals surface area contributed by atoms with Gasteiger partial charge in [-0.15, -0.1) is 0 Å². The number of esters is 1. The van der Waals surface area contributed by atoms with E-state index in [2.05, 4.69) is 4.74 Å². The Labute approximate surface area is 117 Å². The van der Waals surface area contributed by atoms with Crippen LogP contribution in [0.4, 0.5) is 17.6 Å². The van der Waals surface area contributed by atoms with E-state index in [0.29, 0.717) is 0 Å². The lowest BCUT2D eigenvalue weighted by Crippen LogP contribution is -2.37. The quantitative estimate of drug-likeness (QED) is 0.670. The van der Waals surface area contributed by atoms with E-state index in [9.17, 15) is 22.4 Å². The summed E-state index contributed by atoms with van der Waals surface area (Å²) in [6, 6.07) is 2.16. The molecule has 0 radical (unpaired) electrons. The van der Waals surface area contributed by atoms with Crippen molar-refractivity contribution in [1.82, 2.24) is 5.32 Å². The number of halogens is 5.